The predicted molar refractivity (Wildman–Crippen MR) is 83.9 cm³/mol. The van der Waals surface area contributed by atoms with E-state index in [4.69, 9.17) is 0 Å². The van der Waals surface area contributed by atoms with Gasteiger partial charge in [-0.1, -0.05) is 6.07 Å². The van der Waals surface area contributed by atoms with Crippen molar-refractivity contribution in [3.05, 3.63) is 30.1 Å². The molecule has 0 spiro atoms. The Morgan fingerprint density at radius 1 is 1.48 bits per heavy atom. The van der Waals surface area contributed by atoms with Crippen LogP contribution in [0.3, 0.4) is 0 Å². The fraction of sp³-hybridized carbons (Fsp3) is 0.625. The SMILES string of the molecule is CCN(CC)C(=O)C(c1ccccn1)N1CCNC(C)C1. The molecule has 21 heavy (non-hydrogen) atoms. The van der Waals surface area contributed by atoms with Crippen molar-refractivity contribution >= 4 is 5.91 Å². The number of piperazine rings is 1. The van der Waals surface area contributed by atoms with E-state index < -0.39 is 0 Å². The van der Waals surface area contributed by atoms with Crippen molar-refractivity contribution in [2.24, 2.45) is 0 Å². The highest BCUT2D eigenvalue weighted by atomic mass is 16.2. The molecule has 2 unspecified atom stereocenters. The highest BCUT2D eigenvalue weighted by Gasteiger charge is 2.33. The number of hydrogen-bond donors (Lipinski definition) is 1. The number of nitrogens with zero attached hydrogens (tertiary/aromatic N) is 3. The van der Waals surface area contributed by atoms with Gasteiger partial charge in [0.1, 0.15) is 6.04 Å². The zero-order chi connectivity index (χ0) is 15.2. The van der Waals surface area contributed by atoms with Gasteiger partial charge in [0, 0.05) is 45.0 Å². The predicted octanol–water partition coefficient (Wildman–Crippen LogP) is 1.28. The first kappa shape index (κ1) is 15.9. The number of nitrogens with one attached hydrogen (secondary N) is 1. The number of pyridine rings is 1. The fourth-order valence-electron chi connectivity index (χ4n) is 2.91. The largest absolute Gasteiger partial charge is 0.342 e. The molecule has 2 rings (SSSR count). The second-order valence-electron chi connectivity index (χ2n) is 5.52. The molecular formula is C16H26N4O. The molecule has 1 aliphatic heterocycles. The van der Waals surface area contributed by atoms with Crippen LogP contribution in [-0.2, 0) is 4.79 Å². The molecule has 5 nitrogen and oxygen atoms in total. The number of hydrogen-bond acceptors (Lipinski definition) is 4. The minimum absolute atomic E-state index is 0.160. The third-order valence-corrected chi connectivity index (χ3v) is 4.04. The Morgan fingerprint density at radius 3 is 2.81 bits per heavy atom. The van der Waals surface area contributed by atoms with Crippen LogP contribution in [0.25, 0.3) is 0 Å². The van der Waals surface area contributed by atoms with E-state index in [9.17, 15) is 4.79 Å². The Morgan fingerprint density at radius 2 is 2.24 bits per heavy atom. The van der Waals surface area contributed by atoms with Gasteiger partial charge in [-0.05, 0) is 32.9 Å². The first-order valence-electron chi connectivity index (χ1n) is 7.84. The van der Waals surface area contributed by atoms with Crippen LogP contribution in [0, 0.1) is 0 Å². The number of carbonyl (C=O) groups is 1. The van der Waals surface area contributed by atoms with E-state index in [1.807, 2.05) is 36.9 Å². The van der Waals surface area contributed by atoms with E-state index in [0.29, 0.717) is 6.04 Å². The Bertz CT molecular complexity index is 447. The van der Waals surface area contributed by atoms with Gasteiger partial charge in [-0.25, -0.2) is 0 Å². The zero-order valence-electron chi connectivity index (χ0n) is 13.2. The Kier molecular flexibility index (Phi) is 5.70. The average molecular weight is 290 g/mol. The van der Waals surface area contributed by atoms with Crippen molar-refractivity contribution in [2.45, 2.75) is 32.9 Å². The number of amides is 1. The lowest BCUT2D eigenvalue weighted by atomic mass is 10.1. The molecule has 0 aliphatic carbocycles. The molecule has 1 N–H and O–H groups in total. The van der Waals surface area contributed by atoms with Gasteiger partial charge in [0.2, 0.25) is 5.91 Å². The normalized spacial score (nSPS) is 21.0. The third kappa shape index (κ3) is 3.80. The quantitative estimate of drug-likeness (QED) is 0.887. The molecule has 0 aromatic carbocycles. The number of likely N-dealkylation sites (N-methyl/N-ethyl adjacent to an activating group) is 1. The topological polar surface area (TPSA) is 48.5 Å². The molecule has 2 atom stereocenters. The van der Waals surface area contributed by atoms with Crippen LogP contribution >= 0.6 is 0 Å². The van der Waals surface area contributed by atoms with E-state index in [2.05, 4.69) is 22.1 Å². The van der Waals surface area contributed by atoms with Crippen molar-refractivity contribution in [3.63, 3.8) is 0 Å². The summed E-state index contributed by atoms with van der Waals surface area (Å²) in [5.41, 5.74) is 0.850. The molecule has 1 aromatic rings. The molecule has 1 aromatic heterocycles. The van der Waals surface area contributed by atoms with Crippen LogP contribution in [-0.4, -0.2) is 59.5 Å². The van der Waals surface area contributed by atoms with Crippen LogP contribution in [0.5, 0.6) is 0 Å². The van der Waals surface area contributed by atoms with Crippen LogP contribution < -0.4 is 5.32 Å². The maximum absolute atomic E-state index is 12.9. The Hall–Kier alpha value is -1.46. The van der Waals surface area contributed by atoms with Gasteiger partial charge < -0.3 is 10.2 Å². The summed E-state index contributed by atoms with van der Waals surface area (Å²) in [6.07, 6.45) is 1.77. The molecule has 0 saturated carbocycles. The summed E-state index contributed by atoms with van der Waals surface area (Å²) in [5, 5.41) is 3.43. The summed E-state index contributed by atoms with van der Waals surface area (Å²) in [5.74, 6) is 0.160. The first-order chi connectivity index (χ1) is 10.2. The smallest absolute Gasteiger partial charge is 0.246 e. The van der Waals surface area contributed by atoms with Gasteiger partial charge >= 0.3 is 0 Å². The van der Waals surface area contributed by atoms with Crippen LogP contribution in [0.4, 0.5) is 0 Å². The summed E-state index contributed by atoms with van der Waals surface area (Å²) >= 11 is 0. The standard InChI is InChI=1S/C16H26N4O/c1-4-19(5-2)16(21)15(14-8-6-7-9-18-14)20-11-10-17-13(3)12-20/h6-9,13,15,17H,4-5,10-12H2,1-3H3. The molecule has 0 radical (unpaired) electrons. The van der Waals surface area contributed by atoms with Gasteiger partial charge in [-0.2, -0.15) is 0 Å². The average Bonchev–Trinajstić information content (AvgIpc) is 2.50. The van der Waals surface area contributed by atoms with Gasteiger partial charge in [-0.15, -0.1) is 0 Å². The highest BCUT2D eigenvalue weighted by molar-refractivity contribution is 5.82. The molecule has 1 fully saturated rings. The third-order valence-electron chi connectivity index (χ3n) is 4.04. The lowest BCUT2D eigenvalue weighted by Crippen LogP contribution is -2.53. The molecule has 1 saturated heterocycles. The first-order valence-corrected chi connectivity index (χ1v) is 7.84. The molecule has 5 heteroatoms. The molecule has 1 aliphatic rings. The lowest BCUT2D eigenvalue weighted by molar-refractivity contribution is -0.137. The van der Waals surface area contributed by atoms with E-state index in [1.54, 1.807) is 6.20 Å². The van der Waals surface area contributed by atoms with Gasteiger partial charge in [0.05, 0.1) is 5.69 Å². The molecular weight excluding hydrogens is 264 g/mol. The maximum Gasteiger partial charge on any atom is 0.246 e. The molecule has 0 bridgehead atoms. The Labute approximate surface area is 127 Å². The van der Waals surface area contributed by atoms with E-state index >= 15 is 0 Å². The lowest BCUT2D eigenvalue weighted by Gasteiger charge is -2.38. The van der Waals surface area contributed by atoms with Crippen LogP contribution in [0.1, 0.15) is 32.5 Å². The molecule has 2 heterocycles. The minimum Gasteiger partial charge on any atom is -0.342 e. The fourth-order valence-corrected chi connectivity index (χ4v) is 2.91. The second-order valence-corrected chi connectivity index (χ2v) is 5.52. The monoisotopic (exact) mass is 290 g/mol. The summed E-state index contributed by atoms with van der Waals surface area (Å²) in [6, 6.07) is 5.93. The Balaban J connectivity index is 2.28. The highest BCUT2D eigenvalue weighted by Crippen LogP contribution is 2.23. The summed E-state index contributed by atoms with van der Waals surface area (Å²) in [4.78, 5) is 21.5. The summed E-state index contributed by atoms with van der Waals surface area (Å²) in [6.45, 7) is 10.3. The summed E-state index contributed by atoms with van der Waals surface area (Å²) in [7, 11) is 0. The summed E-state index contributed by atoms with van der Waals surface area (Å²) < 4.78 is 0. The number of rotatable bonds is 5. The van der Waals surface area contributed by atoms with Crippen molar-refractivity contribution in [1.82, 2.24) is 20.1 Å². The van der Waals surface area contributed by atoms with E-state index in [-0.39, 0.29) is 11.9 Å². The van der Waals surface area contributed by atoms with Crippen molar-refractivity contribution in [2.75, 3.05) is 32.7 Å². The molecule has 116 valence electrons. The van der Waals surface area contributed by atoms with Crippen molar-refractivity contribution < 1.29 is 4.79 Å². The van der Waals surface area contributed by atoms with Gasteiger partial charge in [0.25, 0.3) is 0 Å². The van der Waals surface area contributed by atoms with Crippen molar-refractivity contribution in [3.8, 4) is 0 Å². The van der Waals surface area contributed by atoms with E-state index in [0.717, 1.165) is 38.4 Å². The van der Waals surface area contributed by atoms with Crippen LogP contribution in [0.2, 0.25) is 0 Å². The van der Waals surface area contributed by atoms with Crippen molar-refractivity contribution in [1.29, 1.82) is 0 Å². The van der Waals surface area contributed by atoms with E-state index in [1.165, 1.54) is 0 Å². The van der Waals surface area contributed by atoms with Crippen LogP contribution in [0.15, 0.2) is 24.4 Å². The minimum atomic E-state index is -0.268. The maximum atomic E-state index is 12.9. The number of aromatic nitrogens is 1. The second kappa shape index (κ2) is 7.52. The number of carbonyl (C=O) groups excluding carboxylic acids is 1. The zero-order valence-corrected chi connectivity index (χ0v) is 13.2. The van der Waals surface area contributed by atoms with Gasteiger partial charge in [0.15, 0.2) is 0 Å². The molecule has 1 amide bonds. The van der Waals surface area contributed by atoms with Gasteiger partial charge in [-0.3, -0.25) is 14.7 Å².